The molecular weight excluding hydrogens is 464 g/mol. The van der Waals surface area contributed by atoms with Crippen LogP contribution in [0.3, 0.4) is 0 Å². The summed E-state index contributed by atoms with van der Waals surface area (Å²) < 4.78 is 16.8. The molecule has 0 radical (unpaired) electrons. The Balaban J connectivity index is 1.84. The molecule has 6 heteroatoms. The smallest absolute Gasteiger partial charge is 0.224 e. The first kappa shape index (κ1) is 29.0. The molecule has 1 amide bonds. The first-order chi connectivity index (χ1) is 17.8. The van der Waals surface area contributed by atoms with Gasteiger partial charge in [-0.1, -0.05) is 71.2 Å². The van der Waals surface area contributed by atoms with Crippen molar-refractivity contribution >= 4 is 11.6 Å². The van der Waals surface area contributed by atoms with Gasteiger partial charge >= 0.3 is 0 Å². The molecule has 0 bridgehead atoms. The molecule has 37 heavy (non-hydrogen) atoms. The lowest BCUT2D eigenvalue weighted by Gasteiger charge is -2.28. The van der Waals surface area contributed by atoms with E-state index in [1.807, 2.05) is 12.1 Å². The van der Waals surface area contributed by atoms with E-state index in [1.165, 1.54) is 5.56 Å². The Morgan fingerprint density at radius 1 is 1.08 bits per heavy atom. The number of para-hydroxylation sites is 1. The topological polar surface area (TPSA) is 60.0 Å². The van der Waals surface area contributed by atoms with Gasteiger partial charge in [0.25, 0.3) is 0 Å². The zero-order chi connectivity index (χ0) is 26.8. The van der Waals surface area contributed by atoms with Crippen LogP contribution in [-0.2, 0) is 21.5 Å². The number of hydrogen-bond acceptors (Lipinski definition) is 5. The fourth-order valence-corrected chi connectivity index (χ4v) is 5.13. The van der Waals surface area contributed by atoms with Gasteiger partial charge in [0.05, 0.1) is 27.4 Å². The Morgan fingerprint density at radius 2 is 1.84 bits per heavy atom. The van der Waals surface area contributed by atoms with Crippen LogP contribution in [0.1, 0.15) is 82.4 Å². The van der Waals surface area contributed by atoms with E-state index in [0.717, 1.165) is 81.1 Å². The van der Waals surface area contributed by atoms with Crippen LogP contribution >= 0.6 is 0 Å². The minimum atomic E-state index is -0.0867. The lowest BCUT2D eigenvalue weighted by atomic mass is 9.84. The van der Waals surface area contributed by atoms with Crippen molar-refractivity contribution in [3.8, 4) is 11.5 Å². The zero-order valence-electron chi connectivity index (χ0n) is 23.7. The van der Waals surface area contributed by atoms with Crippen LogP contribution in [-0.4, -0.2) is 51.3 Å². The quantitative estimate of drug-likeness (QED) is 0.329. The van der Waals surface area contributed by atoms with Gasteiger partial charge < -0.3 is 19.5 Å². The molecule has 1 aliphatic rings. The highest BCUT2D eigenvalue weighted by molar-refractivity contribution is 5.92. The first-order valence-electron chi connectivity index (χ1n) is 13.7. The Bertz CT molecular complexity index is 1010. The van der Waals surface area contributed by atoms with Crippen molar-refractivity contribution in [1.29, 1.82) is 0 Å². The second kappa shape index (κ2) is 13.8. The molecule has 1 atom stereocenters. The maximum atomic E-state index is 13.6. The average Bonchev–Trinajstić information content (AvgIpc) is 2.87. The third-order valence-corrected chi connectivity index (χ3v) is 7.14. The summed E-state index contributed by atoms with van der Waals surface area (Å²) in [5, 5.41) is 3.30. The molecule has 0 spiro atoms. The largest absolute Gasteiger partial charge is 0.493 e. The average molecular weight is 511 g/mol. The van der Waals surface area contributed by atoms with E-state index < -0.39 is 0 Å². The monoisotopic (exact) mass is 510 g/mol. The van der Waals surface area contributed by atoms with E-state index in [4.69, 9.17) is 14.2 Å². The number of nitrogens with one attached hydrogen (secondary N) is 1. The van der Waals surface area contributed by atoms with E-state index in [-0.39, 0.29) is 17.2 Å². The number of nitrogens with zero attached hydrogens (tertiary/aromatic N) is 1. The molecule has 1 unspecified atom stereocenters. The summed E-state index contributed by atoms with van der Waals surface area (Å²) in [5.41, 5.74) is 4.21. The maximum absolute atomic E-state index is 13.6. The lowest BCUT2D eigenvalue weighted by molar-refractivity contribution is -0.116. The zero-order valence-corrected chi connectivity index (χ0v) is 23.7. The van der Waals surface area contributed by atoms with E-state index >= 15 is 0 Å². The van der Waals surface area contributed by atoms with Gasteiger partial charge in [-0.3, -0.25) is 9.69 Å². The lowest BCUT2D eigenvalue weighted by Crippen LogP contribution is -2.35. The number of rotatable bonds is 12. The molecule has 0 aromatic heterocycles. The van der Waals surface area contributed by atoms with Crippen molar-refractivity contribution in [3.05, 3.63) is 53.1 Å². The van der Waals surface area contributed by atoms with Crippen LogP contribution in [0.25, 0.3) is 0 Å². The van der Waals surface area contributed by atoms with Crippen LogP contribution in [0.5, 0.6) is 11.5 Å². The number of ether oxygens (including phenoxy) is 3. The van der Waals surface area contributed by atoms with Crippen molar-refractivity contribution in [2.24, 2.45) is 0 Å². The summed E-state index contributed by atoms with van der Waals surface area (Å²) >= 11 is 0. The fourth-order valence-electron chi connectivity index (χ4n) is 5.13. The number of unbranched alkanes of at least 4 members (excludes halogenated alkanes) is 2. The summed E-state index contributed by atoms with van der Waals surface area (Å²) in [7, 11) is 3.32. The molecule has 2 aromatic carbocycles. The van der Waals surface area contributed by atoms with E-state index in [2.05, 4.69) is 62.2 Å². The fraction of sp³-hybridized carbons (Fsp3) is 0.581. The maximum Gasteiger partial charge on any atom is 0.224 e. The summed E-state index contributed by atoms with van der Waals surface area (Å²) in [6, 6.07) is 12.5. The molecule has 1 aliphatic heterocycles. The van der Waals surface area contributed by atoms with Gasteiger partial charge in [0.2, 0.25) is 5.91 Å². The molecule has 1 saturated heterocycles. The standard InChI is InChI=1S/C31H46N2O4/c1-7-8-9-11-24(25-12-10-13-28(35-5)30(25)36-6)21-29(34)32-27-20-23(14-15-26(27)31(2,3)4)22-33-16-18-37-19-17-33/h10,12-15,20,24H,7-9,11,16-19,21-22H2,1-6H3,(H,32,34). The highest BCUT2D eigenvalue weighted by Crippen LogP contribution is 2.39. The summed E-state index contributed by atoms with van der Waals surface area (Å²) in [5.74, 6) is 1.50. The normalized spacial score (nSPS) is 15.3. The third-order valence-electron chi connectivity index (χ3n) is 7.14. The van der Waals surface area contributed by atoms with Crippen molar-refractivity contribution < 1.29 is 19.0 Å². The number of hydrogen-bond donors (Lipinski definition) is 1. The van der Waals surface area contributed by atoms with Crippen LogP contribution in [0.15, 0.2) is 36.4 Å². The summed E-state index contributed by atoms with van der Waals surface area (Å²) in [4.78, 5) is 16.0. The second-order valence-corrected chi connectivity index (χ2v) is 11.0. The Kier molecular flexibility index (Phi) is 10.8. The van der Waals surface area contributed by atoms with Gasteiger partial charge in [0.1, 0.15) is 0 Å². The van der Waals surface area contributed by atoms with Crippen molar-refractivity contribution in [2.45, 2.75) is 77.7 Å². The molecule has 0 saturated carbocycles. The van der Waals surface area contributed by atoms with Crippen molar-refractivity contribution in [2.75, 3.05) is 45.8 Å². The number of amides is 1. The first-order valence-corrected chi connectivity index (χ1v) is 13.7. The third kappa shape index (κ3) is 8.21. The molecule has 204 valence electrons. The number of anilines is 1. The van der Waals surface area contributed by atoms with Gasteiger partial charge in [-0.2, -0.15) is 0 Å². The number of carbonyl (C=O) groups is 1. The number of methoxy groups -OCH3 is 2. The summed E-state index contributed by atoms with van der Waals surface area (Å²) in [6.07, 6.45) is 4.66. The number of benzene rings is 2. The van der Waals surface area contributed by atoms with Crippen molar-refractivity contribution in [1.82, 2.24) is 4.90 Å². The van der Waals surface area contributed by atoms with Crippen LogP contribution in [0.4, 0.5) is 5.69 Å². The molecule has 1 N–H and O–H groups in total. The highest BCUT2D eigenvalue weighted by atomic mass is 16.5. The van der Waals surface area contributed by atoms with Gasteiger partial charge in [-0.05, 0) is 41.0 Å². The number of morpholine rings is 1. The Hall–Kier alpha value is -2.57. The van der Waals surface area contributed by atoms with E-state index in [9.17, 15) is 4.79 Å². The van der Waals surface area contributed by atoms with Gasteiger partial charge in [-0.15, -0.1) is 0 Å². The molecule has 3 rings (SSSR count). The number of carbonyl (C=O) groups excluding carboxylic acids is 1. The molecular formula is C31H46N2O4. The van der Waals surface area contributed by atoms with Crippen LogP contribution in [0, 0.1) is 0 Å². The Labute approximate surface area is 223 Å². The van der Waals surface area contributed by atoms with E-state index in [1.54, 1.807) is 14.2 Å². The molecule has 0 aliphatic carbocycles. The molecule has 1 fully saturated rings. The van der Waals surface area contributed by atoms with Gasteiger partial charge in [0, 0.05) is 37.3 Å². The predicted octanol–water partition coefficient (Wildman–Crippen LogP) is 6.53. The predicted molar refractivity (Wildman–Crippen MR) is 151 cm³/mol. The van der Waals surface area contributed by atoms with E-state index in [0.29, 0.717) is 12.2 Å². The van der Waals surface area contributed by atoms with Crippen molar-refractivity contribution in [3.63, 3.8) is 0 Å². The molecule has 6 nitrogen and oxygen atoms in total. The minimum Gasteiger partial charge on any atom is -0.493 e. The van der Waals surface area contributed by atoms with Gasteiger partial charge in [0.15, 0.2) is 11.5 Å². The van der Waals surface area contributed by atoms with Crippen LogP contribution < -0.4 is 14.8 Å². The molecule has 1 heterocycles. The second-order valence-electron chi connectivity index (χ2n) is 11.0. The minimum absolute atomic E-state index is 0.0281. The molecule has 2 aromatic rings. The summed E-state index contributed by atoms with van der Waals surface area (Å²) in [6.45, 7) is 13.0. The van der Waals surface area contributed by atoms with Gasteiger partial charge in [-0.25, -0.2) is 0 Å². The highest BCUT2D eigenvalue weighted by Gasteiger charge is 2.24. The SMILES string of the molecule is CCCCCC(CC(=O)Nc1cc(CN2CCOCC2)ccc1C(C)(C)C)c1cccc(OC)c1OC. The van der Waals surface area contributed by atoms with Crippen LogP contribution in [0.2, 0.25) is 0 Å². The Morgan fingerprint density at radius 3 is 2.49 bits per heavy atom.